The molecule has 0 saturated carbocycles. The van der Waals surface area contributed by atoms with E-state index < -0.39 is 11.6 Å². The van der Waals surface area contributed by atoms with Crippen LogP contribution in [0.2, 0.25) is 5.02 Å². The van der Waals surface area contributed by atoms with Gasteiger partial charge in [-0.15, -0.1) is 0 Å². The number of piperazine rings is 1. The summed E-state index contributed by atoms with van der Waals surface area (Å²) < 4.78 is 28.1. The maximum absolute atomic E-state index is 14.5. The van der Waals surface area contributed by atoms with Crippen LogP contribution in [0.4, 0.5) is 14.5 Å². The molecule has 1 aliphatic heterocycles. The van der Waals surface area contributed by atoms with Crippen LogP contribution < -0.4 is 10.6 Å². The fourth-order valence-electron chi connectivity index (χ4n) is 3.95. The van der Waals surface area contributed by atoms with Gasteiger partial charge in [-0.25, -0.2) is 13.8 Å². The average molecular weight is 470 g/mol. The van der Waals surface area contributed by atoms with Crippen molar-refractivity contribution in [3.63, 3.8) is 0 Å². The summed E-state index contributed by atoms with van der Waals surface area (Å²) in [5, 5.41) is 13.4. The first-order valence-corrected chi connectivity index (χ1v) is 11.1. The molecule has 1 saturated heterocycles. The number of aromatic amines is 1. The van der Waals surface area contributed by atoms with Crippen molar-refractivity contribution < 1.29 is 8.78 Å². The molecule has 0 atom stereocenters. The number of H-pyrrole nitrogens is 1. The van der Waals surface area contributed by atoms with Crippen LogP contribution in [-0.4, -0.2) is 64.3 Å². The van der Waals surface area contributed by atoms with Crippen LogP contribution in [-0.2, 0) is 0 Å². The van der Waals surface area contributed by atoms with Crippen LogP contribution in [0.25, 0.3) is 33.5 Å². The Balaban J connectivity index is 1.40. The molecule has 0 radical (unpaired) electrons. The average Bonchev–Trinajstić information content (AvgIpc) is 3.31. The molecule has 4 heterocycles. The zero-order valence-electron chi connectivity index (χ0n) is 17.7. The molecular formula is C23H22ClF2N7. The van der Waals surface area contributed by atoms with Crippen molar-refractivity contribution in [3.8, 4) is 22.5 Å². The monoisotopic (exact) mass is 469 g/mol. The second-order valence-electron chi connectivity index (χ2n) is 7.88. The Morgan fingerprint density at radius 2 is 1.85 bits per heavy atom. The Morgan fingerprint density at radius 1 is 1.00 bits per heavy atom. The van der Waals surface area contributed by atoms with E-state index in [0.29, 0.717) is 22.5 Å². The number of aromatic nitrogens is 4. The smallest absolute Gasteiger partial charge is 0.144 e. The third-order valence-corrected chi connectivity index (χ3v) is 5.99. The number of anilines is 1. The molecule has 0 bridgehead atoms. The van der Waals surface area contributed by atoms with Gasteiger partial charge < -0.3 is 10.6 Å². The highest BCUT2D eigenvalue weighted by Crippen LogP contribution is 2.34. The highest BCUT2D eigenvalue weighted by Gasteiger charge is 2.18. The molecule has 0 amide bonds. The summed E-state index contributed by atoms with van der Waals surface area (Å²) in [6.45, 7) is 5.91. The summed E-state index contributed by atoms with van der Waals surface area (Å²) >= 11 is 5.87. The quantitative estimate of drug-likeness (QED) is 0.371. The lowest BCUT2D eigenvalue weighted by Gasteiger charge is -2.27. The number of fused-ring (bicyclic) bond motifs is 1. The molecule has 10 heteroatoms. The predicted molar refractivity (Wildman–Crippen MR) is 125 cm³/mol. The largest absolute Gasteiger partial charge is 0.382 e. The summed E-state index contributed by atoms with van der Waals surface area (Å²) in [5.74, 6) is -1.55. The van der Waals surface area contributed by atoms with Crippen molar-refractivity contribution in [2.45, 2.75) is 0 Å². The van der Waals surface area contributed by atoms with Crippen LogP contribution in [0.5, 0.6) is 0 Å². The minimum Gasteiger partial charge on any atom is -0.382 e. The van der Waals surface area contributed by atoms with E-state index >= 15 is 0 Å². The number of rotatable bonds is 6. The van der Waals surface area contributed by atoms with E-state index in [0.717, 1.165) is 56.5 Å². The van der Waals surface area contributed by atoms with E-state index in [9.17, 15) is 8.78 Å². The number of hydrogen-bond donors (Lipinski definition) is 3. The number of nitrogens with one attached hydrogen (secondary N) is 3. The molecule has 0 aliphatic carbocycles. The van der Waals surface area contributed by atoms with Crippen LogP contribution >= 0.6 is 11.6 Å². The molecule has 170 valence electrons. The van der Waals surface area contributed by atoms with Gasteiger partial charge in [0.1, 0.15) is 11.6 Å². The Morgan fingerprint density at radius 3 is 2.70 bits per heavy atom. The van der Waals surface area contributed by atoms with Crippen molar-refractivity contribution in [1.82, 2.24) is 30.4 Å². The van der Waals surface area contributed by atoms with Gasteiger partial charge in [-0.1, -0.05) is 11.6 Å². The Hall–Kier alpha value is -3.14. The molecule has 5 rings (SSSR count). The van der Waals surface area contributed by atoms with E-state index in [1.165, 1.54) is 6.07 Å². The minimum absolute atomic E-state index is 0.122. The van der Waals surface area contributed by atoms with E-state index in [1.54, 1.807) is 18.5 Å². The number of nitrogens with zero attached hydrogens (tertiary/aromatic N) is 4. The number of hydrogen-bond acceptors (Lipinski definition) is 6. The molecular weight excluding hydrogens is 448 g/mol. The molecule has 1 fully saturated rings. The number of benzene rings is 1. The van der Waals surface area contributed by atoms with Gasteiger partial charge in [0.2, 0.25) is 0 Å². The lowest BCUT2D eigenvalue weighted by Crippen LogP contribution is -2.45. The summed E-state index contributed by atoms with van der Waals surface area (Å²) in [7, 11) is 0. The van der Waals surface area contributed by atoms with Gasteiger partial charge in [-0.05, 0) is 24.3 Å². The minimum atomic E-state index is -0.814. The fourth-order valence-corrected chi connectivity index (χ4v) is 4.11. The van der Waals surface area contributed by atoms with Crippen LogP contribution in [0, 0.1) is 11.6 Å². The molecule has 3 aromatic heterocycles. The first kappa shape index (κ1) is 21.7. The van der Waals surface area contributed by atoms with Crippen molar-refractivity contribution in [2.24, 2.45) is 0 Å². The number of halogens is 3. The standard InChI is InChI=1S/C23H22ClF2N7/c24-17-10-15(18(25)11-19(17)26)23-16(13-30-32-23)20-1-2-21-22(31-20)9-14(12-29-21)28-5-8-33-6-3-27-4-7-33/h1-2,9-13,27-28H,3-8H2,(H,30,32). The Labute approximate surface area is 194 Å². The Bertz CT molecular complexity index is 1290. The molecule has 33 heavy (non-hydrogen) atoms. The van der Waals surface area contributed by atoms with Crippen molar-refractivity contribution >= 4 is 28.3 Å². The third kappa shape index (κ3) is 4.66. The summed E-state index contributed by atoms with van der Waals surface area (Å²) in [6, 6.07) is 7.60. The molecule has 0 spiro atoms. The molecule has 3 N–H and O–H groups in total. The highest BCUT2D eigenvalue weighted by molar-refractivity contribution is 6.31. The third-order valence-electron chi connectivity index (χ3n) is 5.70. The predicted octanol–water partition coefficient (Wildman–Crippen LogP) is 3.94. The summed E-state index contributed by atoms with van der Waals surface area (Å²) in [5.41, 5.74) is 3.99. The van der Waals surface area contributed by atoms with E-state index in [1.807, 2.05) is 12.1 Å². The van der Waals surface area contributed by atoms with Crippen LogP contribution in [0.3, 0.4) is 0 Å². The van der Waals surface area contributed by atoms with Crippen LogP contribution in [0.1, 0.15) is 0 Å². The SMILES string of the molecule is Fc1cc(F)c(-c2[nH]ncc2-c2ccc3ncc(NCCN4CCNCC4)cc3n2)cc1Cl. The van der Waals surface area contributed by atoms with E-state index in [2.05, 4.69) is 30.7 Å². The normalized spacial score (nSPS) is 14.6. The second kappa shape index (κ2) is 9.38. The lowest BCUT2D eigenvalue weighted by molar-refractivity contribution is 0.249. The zero-order valence-corrected chi connectivity index (χ0v) is 18.5. The maximum Gasteiger partial charge on any atom is 0.144 e. The topological polar surface area (TPSA) is 81.8 Å². The zero-order chi connectivity index (χ0) is 22.8. The van der Waals surface area contributed by atoms with Crippen molar-refractivity contribution in [2.75, 3.05) is 44.6 Å². The molecule has 0 unspecified atom stereocenters. The molecule has 1 aliphatic rings. The van der Waals surface area contributed by atoms with Gasteiger partial charge >= 0.3 is 0 Å². The lowest BCUT2D eigenvalue weighted by atomic mass is 10.0. The van der Waals surface area contributed by atoms with Gasteiger partial charge in [0, 0.05) is 56.5 Å². The molecule has 1 aromatic carbocycles. The van der Waals surface area contributed by atoms with Gasteiger partial charge in [-0.2, -0.15) is 5.10 Å². The van der Waals surface area contributed by atoms with Gasteiger partial charge in [-0.3, -0.25) is 15.0 Å². The molecule has 4 aromatic rings. The van der Waals surface area contributed by atoms with E-state index in [-0.39, 0.29) is 10.6 Å². The highest BCUT2D eigenvalue weighted by atomic mass is 35.5. The van der Waals surface area contributed by atoms with Crippen LogP contribution in [0.15, 0.2) is 42.7 Å². The molecule has 7 nitrogen and oxygen atoms in total. The van der Waals surface area contributed by atoms with Crippen molar-refractivity contribution in [1.29, 1.82) is 0 Å². The summed E-state index contributed by atoms with van der Waals surface area (Å²) in [6.07, 6.45) is 3.35. The first-order valence-electron chi connectivity index (χ1n) is 10.7. The second-order valence-corrected chi connectivity index (χ2v) is 8.29. The Kier molecular flexibility index (Phi) is 6.17. The van der Waals surface area contributed by atoms with Gasteiger partial charge in [0.05, 0.1) is 45.5 Å². The summed E-state index contributed by atoms with van der Waals surface area (Å²) in [4.78, 5) is 11.6. The fraction of sp³-hybridized carbons (Fsp3) is 0.261. The van der Waals surface area contributed by atoms with E-state index in [4.69, 9.17) is 16.6 Å². The van der Waals surface area contributed by atoms with Crippen molar-refractivity contribution in [3.05, 3.63) is 59.4 Å². The van der Waals surface area contributed by atoms with Gasteiger partial charge in [0.25, 0.3) is 0 Å². The van der Waals surface area contributed by atoms with Gasteiger partial charge in [0.15, 0.2) is 0 Å². The maximum atomic E-state index is 14.5. The first-order chi connectivity index (χ1) is 16.1. The number of pyridine rings is 2.